The quantitative estimate of drug-likeness (QED) is 0.805. The summed E-state index contributed by atoms with van der Waals surface area (Å²) in [6.07, 6.45) is -3.80. The molecule has 3 N–H and O–H groups in total. The third-order valence-corrected chi connectivity index (χ3v) is 3.33. The number of halogens is 4. The Kier molecular flexibility index (Phi) is 6.47. The van der Waals surface area contributed by atoms with Crippen LogP contribution in [-0.2, 0) is 4.79 Å². The van der Waals surface area contributed by atoms with Crippen molar-refractivity contribution in [1.82, 2.24) is 0 Å². The van der Waals surface area contributed by atoms with E-state index in [0.717, 1.165) is 6.07 Å². The standard InChI is InChI=1S/C13H16BrF3N2O2/c1-8(7-18)2-5-12(20)19-9-3-4-11(10(14)6-9)21-13(15,16)17/h3-4,6,8H,2,5,7,18H2,1H3,(H,19,20). The number of benzene rings is 1. The maximum atomic E-state index is 12.1. The highest BCUT2D eigenvalue weighted by molar-refractivity contribution is 9.10. The molecular weight excluding hydrogens is 353 g/mol. The van der Waals surface area contributed by atoms with Crippen LogP contribution in [0.25, 0.3) is 0 Å². The fraction of sp³-hybridized carbons (Fsp3) is 0.462. The Morgan fingerprint density at radius 1 is 1.48 bits per heavy atom. The van der Waals surface area contributed by atoms with Crippen molar-refractivity contribution in [3.63, 3.8) is 0 Å². The Balaban J connectivity index is 2.61. The van der Waals surface area contributed by atoms with Gasteiger partial charge in [-0.1, -0.05) is 6.92 Å². The van der Waals surface area contributed by atoms with Gasteiger partial charge >= 0.3 is 6.36 Å². The third-order valence-electron chi connectivity index (χ3n) is 2.71. The van der Waals surface area contributed by atoms with Crippen molar-refractivity contribution in [2.75, 3.05) is 11.9 Å². The van der Waals surface area contributed by atoms with Gasteiger partial charge in [-0.3, -0.25) is 4.79 Å². The first-order valence-corrected chi connectivity index (χ1v) is 7.05. The second-order valence-corrected chi connectivity index (χ2v) is 5.48. The first-order valence-electron chi connectivity index (χ1n) is 6.26. The lowest BCUT2D eigenvalue weighted by Crippen LogP contribution is -2.18. The average Bonchev–Trinajstić information content (AvgIpc) is 2.38. The lowest BCUT2D eigenvalue weighted by atomic mass is 10.1. The summed E-state index contributed by atoms with van der Waals surface area (Å²) in [7, 11) is 0. The number of nitrogens with two attached hydrogens (primary N) is 1. The fourth-order valence-corrected chi connectivity index (χ4v) is 1.96. The predicted octanol–water partition coefficient (Wildman–Crippen LogP) is 3.66. The van der Waals surface area contributed by atoms with Gasteiger partial charge in [-0.15, -0.1) is 13.2 Å². The van der Waals surface area contributed by atoms with E-state index < -0.39 is 6.36 Å². The van der Waals surface area contributed by atoms with Gasteiger partial charge < -0.3 is 15.8 Å². The highest BCUT2D eigenvalue weighted by atomic mass is 79.9. The van der Waals surface area contributed by atoms with Crippen LogP contribution < -0.4 is 15.8 Å². The van der Waals surface area contributed by atoms with Gasteiger partial charge in [0, 0.05) is 12.1 Å². The van der Waals surface area contributed by atoms with Crippen molar-refractivity contribution >= 4 is 27.5 Å². The van der Waals surface area contributed by atoms with E-state index in [1.54, 1.807) is 0 Å². The van der Waals surface area contributed by atoms with Crippen LogP contribution in [0.5, 0.6) is 5.75 Å². The molecule has 4 nitrogen and oxygen atoms in total. The van der Waals surface area contributed by atoms with Gasteiger partial charge in [0.05, 0.1) is 4.47 Å². The molecule has 0 bridgehead atoms. The molecule has 0 aromatic heterocycles. The molecule has 0 saturated carbocycles. The third kappa shape index (κ3) is 6.81. The molecule has 1 aromatic rings. The fourth-order valence-electron chi connectivity index (χ4n) is 1.50. The number of ether oxygens (including phenoxy) is 1. The predicted molar refractivity (Wildman–Crippen MR) is 76.9 cm³/mol. The zero-order chi connectivity index (χ0) is 16.0. The molecule has 1 aromatic carbocycles. The summed E-state index contributed by atoms with van der Waals surface area (Å²) in [5.41, 5.74) is 5.84. The zero-order valence-corrected chi connectivity index (χ0v) is 12.9. The number of amides is 1. The van der Waals surface area contributed by atoms with E-state index in [4.69, 9.17) is 5.73 Å². The van der Waals surface area contributed by atoms with Gasteiger partial charge in [0.2, 0.25) is 5.91 Å². The second-order valence-electron chi connectivity index (χ2n) is 4.62. The molecule has 0 radical (unpaired) electrons. The Morgan fingerprint density at radius 2 is 2.14 bits per heavy atom. The van der Waals surface area contributed by atoms with E-state index in [1.807, 2.05) is 6.92 Å². The van der Waals surface area contributed by atoms with E-state index in [1.165, 1.54) is 12.1 Å². The van der Waals surface area contributed by atoms with Crippen LogP contribution in [0.15, 0.2) is 22.7 Å². The molecule has 1 amide bonds. The topological polar surface area (TPSA) is 64.4 Å². The molecule has 1 rings (SSSR count). The molecule has 1 atom stereocenters. The van der Waals surface area contributed by atoms with Crippen molar-refractivity contribution in [3.05, 3.63) is 22.7 Å². The van der Waals surface area contributed by atoms with Crippen LogP contribution in [0.4, 0.5) is 18.9 Å². The van der Waals surface area contributed by atoms with E-state index >= 15 is 0 Å². The number of hydrogen-bond donors (Lipinski definition) is 2. The first kappa shape index (κ1) is 17.8. The monoisotopic (exact) mass is 368 g/mol. The highest BCUT2D eigenvalue weighted by Crippen LogP contribution is 2.32. The van der Waals surface area contributed by atoms with Crippen molar-refractivity contribution < 1.29 is 22.7 Å². The number of nitrogens with one attached hydrogen (secondary N) is 1. The summed E-state index contributed by atoms with van der Waals surface area (Å²) in [4.78, 5) is 11.7. The van der Waals surface area contributed by atoms with Gasteiger partial charge in [-0.05, 0) is 53.0 Å². The van der Waals surface area contributed by atoms with Crippen LogP contribution in [0, 0.1) is 5.92 Å². The molecular formula is C13H16BrF3N2O2. The maximum Gasteiger partial charge on any atom is 0.573 e. The lowest BCUT2D eigenvalue weighted by molar-refractivity contribution is -0.274. The SMILES string of the molecule is CC(CN)CCC(=O)Nc1ccc(OC(F)(F)F)c(Br)c1. The first-order chi connectivity index (χ1) is 9.71. The van der Waals surface area contributed by atoms with Crippen LogP contribution >= 0.6 is 15.9 Å². The van der Waals surface area contributed by atoms with Gasteiger partial charge in [0.25, 0.3) is 0 Å². The second kappa shape index (κ2) is 7.65. The molecule has 0 aliphatic rings. The largest absolute Gasteiger partial charge is 0.573 e. The smallest absolute Gasteiger partial charge is 0.405 e. The zero-order valence-electron chi connectivity index (χ0n) is 11.3. The molecule has 0 spiro atoms. The Morgan fingerprint density at radius 3 is 2.67 bits per heavy atom. The molecule has 0 saturated heterocycles. The van der Waals surface area contributed by atoms with E-state index in [-0.39, 0.29) is 22.0 Å². The maximum absolute atomic E-state index is 12.1. The summed E-state index contributed by atoms with van der Waals surface area (Å²) < 4.78 is 40.3. The summed E-state index contributed by atoms with van der Waals surface area (Å²) >= 11 is 2.97. The van der Waals surface area contributed by atoms with Crippen molar-refractivity contribution in [2.45, 2.75) is 26.1 Å². The number of carbonyl (C=O) groups is 1. The van der Waals surface area contributed by atoms with Gasteiger partial charge in [-0.25, -0.2) is 0 Å². The summed E-state index contributed by atoms with van der Waals surface area (Å²) in [5.74, 6) is -0.339. The molecule has 0 aliphatic carbocycles. The van der Waals surface area contributed by atoms with Gasteiger partial charge in [-0.2, -0.15) is 0 Å². The van der Waals surface area contributed by atoms with E-state index in [2.05, 4.69) is 26.0 Å². The molecule has 0 aliphatic heterocycles. The number of rotatable bonds is 6. The van der Waals surface area contributed by atoms with Crippen molar-refractivity contribution in [2.24, 2.45) is 11.7 Å². The molecule has 8 heteroatoms. The molecule has 0 fully saturated rings. The minimum Gasteiger partial charge on any atom is -0.405 e. The summed E-state index contributed by atoms with van der Waals surface area (Å²) in [6, 6.07) is 3.83. The van der Waals surface area contributed by atoms with Crippen molar-refractivity contribution in [1.29, 1.82) is 0 Å². The summed E-state index contributed by atoms with van der Waals surface area (Å²) in [5, 5.41) is 2.61. The molecule has 1 unspecified atom stereocenters. The van der Waals surface area contributed by atoms with E-state index in [9.17, 15) is 18.0 Å². The molecule has 21 heavy (non-hydrogen) atoms. The molecule has 0 heterocycles. The normalized spacial score (nSPS) is 12.9. The minimum atomic E-state index is -4.76. The Bertz CT molecular complexity index is 495. The number of anilines is 1. The lowest BCUT2D eigenvalue weighted by Gasteiger charge is -2.12. The number of carbonyl (C=O) groups excluding carboxylic acids is 1. The van der Waals surface area contributed by atoms with Crippen molar-refractivity contribution in [3.8, 4) is 5.75 Å². The minimum absolute atomic E-state index is 0.105. The van der Waals surface area contributed by atoms with Crippen LogP contribution in [0.2, 0.25) is 0 Å². The van der Waals surface area contributed by atoms with Crippen LogP contribution in [-0.4, -0.2) is 18.8 Å². The van der Waals surface area contributed by atoms with E-state index in [0.29, 0.717) is 25.1 Å². The van der Waals surface area contributed by atoms with Gasteiger partial charge in [0.15, 0.2) is 0 Å². The highest BCUT2D eigenvalue weighted by Gasteiger charge is 2.31. The van der Waals surface area contributed by atoms with Gasteiger partial charge in [0.1, 0.15) is 5.75 Å². The number of hydrogen-bond acceptors (Lipinski definition) is 3. The molecule has 118 valence electrons. The Labute approximate surface area is 129 Å². The average molecular weight is 369 g/mol. The Hall–Kier alpha value is -1.28. The summed E-state index contributed by atoms with van der Waals surface area (Å²) in [6.45, 7) is 2.44. The number of alkyl halides is 3. The van der Waals surface area contributed by atoms with Crippen LogP contribution in [0.1, 0.15) is 19.8 Å². The van der Waals surface area contributed by atoms with Crippen LogP contribution in [0.3, 0.4) is 0 Å².